The van der Waals surface area contributed by atoms with E-state index in [4.69, 9.17) is 9.47 Å². The molecule has 2 aliphatic carbocycles. The molecule has 4 bridgehead atoms. The van der Waals surface area contributed by atoms with Gasteiger partial charge in [-0.3, -0.25) is 9.59 Å². The van der Waals surface area contributed by atoms with Gasteiger partial charge in [-0.1, -0.05) is 18.2 Å². The summed E-state index contributed by atoms with van der Waals surface area (Å²) < 4.78 is 10.2. The number of hydrogen-bond acceptors (Lipinski definition) is 5. The topological polar surface area (TPSA) is 69.7 Å². The lowest BCUT2D eigenvalue weighted by Crippen LogP contribution is -2.48. The van der Waals surface area contributed by atoms with Gasteiger partial charge >= 0.3 is 11.9 Å². The van der Waals surface area contributed by atoms with Crippen molar-refractivity contribution in [2.24, 2.45) is 17.8 Å². The molecule has 4 atom stereocenters. The largest absolute Gasteiger partial charge is 0.462 e. The summed E-state index contributed by atoms with van der Waals surface area (Å²) in [7, 11) is 0. The number of esters is 2. The molecule has 1 aliphatic heterocycles. The fraction of sp³-hybridized carbons (Fsp3) is 0.533. The first kappa shape index (κ1) is 13.1. The number of rotatable bonds is 2. The Kier molecular flexibility index (Phi) is 3.20. The molecule has 0 spiro atoms. The van der Waals surface area contributed by atoms with Crippen LogP contribution in [0.15, 0.2) is 23.8 Å². The van der Waals surface area contributed by atoms with Crippen molar-refractivity contribution in [3.63, 3.8) is 0 Å². The molecule has 0 aromatic rings. The molecular weight excluding hydrogens is 260 g/mol. The second-order valence-corrected chi connectivity index (χ2v) is 5.38. The second kappa shape index (κ2) is 4.89. The number of ether oxygens (including phenoxy) is 2. The van der Waals surface area contributed by atoms with Crippen molar-refractivity contribution in [3.8, 4) is 0 Å². The van der Waals surface area contributed by atoms with E-state index in [-0.39, 0.29) is 30.2 Å². The molecule has 2 fully saturated rings. The van der Waals surface area contributed by atoms with Crippen LogP contribution >= 0.6 is 0 Å². The van der Waals surface area contributed by atoms with E-state index in [0.29, 0.717) is 18.6 Å². The van der Waals surface area contributed by atoms with Gasteiger partial charge in [0.05, 0.1) is 18.1 Å². The Hall–Kier alpha value is -1.91. The summed E-state index contributed by atoms with van der Waals surface area (Å²) >= 11 is 0. The Labute approximate surface area is 116 Å². The number of hydrogen-bond donors (Lipinski definition) is 0. The first-order valence-corrected chi connectivity index (χ1v) is 6.90. The van der Waals surface area contributed by atoms with Gasteiger partial charge in [0.15, 0.2) is 5.78 Å². The van der Waals surface area contributed by atoms with Crippen molar-refractivity contribution < 1.29 is 23.9 Å². The van der Waals surface area contributed by atoms with E-state index in [0.717, 1.165) is 0 Å². The fourth-order valence-electron chi connectivity index (χ4n) is 3.24. The standard InChI is InChI=1S/C15H16O5/c1-2-19-15(18)8-3-4-10-12-6-9(7-13(16)20-12)11(5-8)14(10)17/h3-5,9-12H,2,6-7H2,1H3/t9-,10+,11-,12-/m1/s1. The fourth-order valence-corrected chi connectivity index (χ4v) is 3.24. The Morgan fingerprint density at radius 1 is 1.40 bits per heavy atom. The molecule has 5 nitrogen and oxygen atoms in total. The maximum atomic E-state index is 12.4. The van der Waals surface area contributed by atoms with E-state index in [1.165, 1.54) is 0 Å². The van der Waals surface area contributed by atoms with Gasteiger partial charge in [0.25, 0.3) is 0 Å². The van der Waals surface area contributed by atoms with E-state index in [9.17, 15) is 14.4 Å². The summed E-state index contributed by atoms with van der Waals surface area (Å²) in [6, 6.07) is 0. The molecule has 0 aromatic carbocycles. The highest BCUT2D eigenvalue weighted by atomic mass is 16.5. The summed E-state index contributed by atoms with van der Waals surface area (Å²) in [6.07, 6.45) is 5.50. The molecule has 3 aliphatic rings. The predicted molar refractivity (Wildman–Crippen MR) is 68.4 cm³/mol. The molecule has 5 heteroatoms. The maximum absolute atomic E-state index is 12.4. The lowest BCUT2D eigenvalue weighted by molar-refractivity contribution is -0.167. The molecule has 3 rings (SSSR count). The van der Waals surface area contributed by atoms with Gasteiger partial charge < -0.3 is 9.47 Å². The third kappa shape index (κ3) is 2.07. The molecule has 1 heterocycles. The first-order valence-electron chi connectivity index (χ1n) is 6.90. The lowest BCUT2D eigenvalue weighted by Gasteiger charge is -2.40. The number of ketones is 1. The minimum absolute atomic E-state index is 0.0364. The van der Waals surface area contributed by atoms with Crippen LogP contribution in [-0.4, -0.2) is 30.4 Å². The van der Waals surface area contributed by atoms with Crippen LogP contribution in [0.5, 0.6) is 0 Å². The van der Waals surface area contributed by atoms with Crippen molar-refractivity contribution in [1.82, 2.24) is 0 Å². The number of carbonyl (C=O) groups is 3. The Balaban J connectivity index is 1.96. The zero-order valence-corrected chi connectivity index (χ0v) is 11.2. The van der Waals surface area contributed by atoms with Crippen LogP contribution in [-0.2, 0) is 23.9 Å². The summed E-state index contributed by atoms with van der Waals surface area (Å²) in [5, 5.41) is 0. The van der Waals surface area contributed by atoms with E-state index in [1.807, 2.05) is 0 Å². The minimum atomic E-state index is -0.441. The SMILES string of the molecule is CCOC(=O)C1=C[C@H]2C(=O)[C@@H](C=C1)[C@H]1C[C@@H]2CC(=O)O1. The average Bonchev–Trinajstić information content (AvgIpc) is 2.54. The Bertz CT molecular complexity index is 530. The van der Waals surface area contributed by atoms with Crippen LogP contribution in [0, 0.1) is 17.8 Å². The van der Waals surface area contributed by atoms with Gasteiger partial charge in [-0.25, -0.2) is 4.79 Å². The normalized spacial score (nSPS) is 35.0. The first-order chi connectivity index (χ1) is 9.60. The third-order valence-electron chi connectivity index (χ3n) is 4.17. The Morgan fingerprint density at radius 3 is 2.95 bits per heavy atom. The van der Waals surface area contributed by atoms with Crippen molar-refractivity contribution in [2.75, 3.05) is 6.61 Å². The van der Waals surface area contributed by atoms with Gasteiger partial charge in [-0.05, 0) is 19.3 Å². The number of Topliss-reactive ketones (excluding diaryl/α,β-unsaturated/α-hetero) is 1. The average molecular weight is 276 g/mol. The zero-order chi connectivity index (χ0) is 14.3. The van der Waals surface area contributed by atoms with Gasteiger partial charge in [-0.15, -0.1) is 0 Å². The van der Waals surface area contributed by atoms with Crippen molar-refractivity contribution in [2.45, 2.75) is 25.9 Å². The molecule has 0 amide bonds. The number of fused-ring (bicyclic) bond motifs is 6. The van der Waals surface area contributed by atoms with Gasteiger partial charge in [0, 0.05) is 12.3 Å². The van der Waals surface area contributed by atoms with E-state index in [1.54, 1.807) is 25.2 Å². The van der Waals surface area contributed by atoms with Gasteiger partial charge in [0.1, 0.15) is 6.10 Å². The van der Waals surface area contributed by atoms with Gasteiger partial charge in [0.2, 0.25) is 0 Å². The quantitative estimate of drug-likeness (QED) is 0.708. The van der Waals surface area contributed by atoms with Crippen LogP contribution in [0.25, 0.3) is 0 Å². The lowest BCUT2D eigenvalue weighted by atomic mass is 9.69. The minimum Gasteiger partial charge on any atom is -0.462 e. The molecule has 0 aromatic heterocycles. The highest BCUT2D eigenvalue weighted by Crippen LogP contribution is 2.42. The Morgan fingerprint density at radius 2 is 2.20 bits per heavy atom. The molecular formula is C15H16O5. The summed E-state index contributed by atoms with van der Waals surface area (Å²) in [5.74, 6) is -1.54. The predicted octanol–water partition coefficient (Wildman–Crippen LogP) is 1.18. The van der Waals surface area contributed by atoms with Crippen molar-refractivity contribution in [1.29, 1.82) is 0 Å². The molecule has 1 saturated heterocycles. The van der Waals surface area contributed by atoms with Crippen LogP contribution < -0.4 is 0 Å². The highest BCUT2D eigenvalue weighted by Gasteiger charge is 2.48. The maximum Gasteiger partial charge on any atom is 0.337 e. The molecule has 106 valence electrons. The monoisotopic (exact) mass is 276 g/mol. The molecule has 20 heavy (non-hydrogen) atoms. The van der Waals surface area contributed by atoms with Gasteiger partial charge in [-0.2, -0.15) is 0 Å². The van der Waals surface area contributed by atoms with Crippen molar-refractivity contribution in [3.05, 3.63) is 23.8 Å². The van der Waals surface area contributed by atoms with Crippen LogP contribution in [0.4, 0.5) is 0 Å². The van der Waals surface area contributed by atoms with Crippen LogP contribution in [0.2, 0.25) is 0 Å². The third-order valence-corrected chi connectivity index (χ3v) is 4.17. The molecule has 0 radical (unpaired) electrons. The summed E-state index contributed by atoms with van der Waals surface area (Å²) in [6.45, 7) is 2.03. The van der Waals surface area contributed by atoms with Crippen LogP contribution in [0.1, 0.15) is 19.8 Å². The van der Waals surface area contributed by atoms with E-state index < -0.39 is 17.8 Å². The van der Waals surface area contributed by atoms with E-state index >= 15 is 0 Å². The number of allylic oxidation sites excluding steroid dienone is 1. The van der Waals surface area contributed by atoms with Crippen molar-refractivity contribution >= 4 is 17.7 Å². The van der Waals surface area contributed by atoms with E-state index in [2.05, 4.69) is 0 Å². The summed E-state index contributed by atoms with van der Waals surface area (Å²) in [4.78, 5) is 35.9. The molecule has 0 unspecified atom stereocenters. The molecule has 1 saturated carbocycles. The smallest absolute Gasteiger partial charge is 0.337 e. The second-order valence-electron chi connectivity index (χ2n) is 5.38. The highest BCUT2D eigenvalue weighted by molar-refractivity contribution is 5.97. The van der Waals surface area contributed by atoms with Crippen LogP contribution in [0.3, 0.4) is 0 Å². The molecule has 0 N–H and O–H groups in total. The number of carbonyl (C=O) groups excluding carboxylic acids is 3. The zero-order valence-electron chi connectivity index (χ0n) is 11.2. The summed E-state index contributed by atoms with van der Waals surface area (Å²) in [5.41, 5.74) is 0.396.